The van der Waals surface area contributed by atoms with Crippen LogP contribution < -0.4 is 5.73 Å². The predicted molar refractivity (Wildman–Crippen MR) is 72.9 cm³/mol. The van der Waals surface area contributed by atoms with Gasteiger partial charge >= 0.3 is 0 Å². The third-order valence-corrected chi connectivity index (χ3v) is 4.44. The number of aliphatic imine (C=N–C) groups is 1. The molecule has 4 nitrogen and oxygen atoms in total. The van der Waals surface area contributed by atoms with E-state index < -0.39 is 0 Å². The van der Waals surface area contributed by atoms with Crippen LogP contribution in [0.25, 0.3) is 0 Å². The highest BCUT2D eigenvalue weighted by Crippen LogP contribution is 2.41. The van der Waals surface area contributed by atoms with E-state index in [0.717, 1.165) is 5.69 Å². The summed E-state index contributed by atoms with van der Waals surface area (Å²) in [6.45, 7) is 3.70. The lowest BCUT2D eigenvalue weighted by molar-refractivity contribution is 0.243. The van der Waals surface area contributed by atoms with Gasteiger partial charge in [0, 0.05) is 25.2 Å². The Labute approximate surface area is 108 Å². The summed E-state index contributed by atoms with van der Waals surface area (Å²) >= 11 is 0. The van der Waals surface area contributed by atoms with Crippen LogP contribution in [0.15, 0.2) is 23.3 Å². The van der Waals surface area contributed by atoms with Gasteiger partial charge in [0.1, 0.15) is 11.5 Å². The largest absolute Gasteiger partial charge is 0.382 e. The monoisotopic (exact) mass is 244 g/mol. The number of piperidine rings is 1. The fraction of sp³-hybridized carbons (Fsp3) is 0.571. The van der Waals surface area contributed by atoms with Gasteiger partial charge in [-0.3, -0.25) is 9.98 Å². The maximum atomic E-state index is 5.78. The predicted octanol–water partition coefficient (Wildman–Crippen LogP) is 1.15. The number of hydrogen-bond acceptors (Lipinski definition) is 3. The van der Waals surface area contributed by atoms with E-state index in [-0.39, 0.29) is 0 Å². The number of aromatic nitrogens is 1. The molecule has 1 aromatic rings. The molecule has 0 amide bonds. The number of nitrogens with two attached hydrogens (primary N) is 1. The highest BCUT2D eigenvalue weighted by Gasteiger charge is 2.42. The Morgan fingerprint density at radius 2 is 2.28 bits per heavy atom. The molecule has 2 unspecified atom stereocenters. The molecular weight excluding hydrogens is 224 g/mol. The van der Waals surface area contributed by atoms with Gasteiger partial charge in [-0.15, -0.1) is 0 Å². The summed E-state index contributed by atoms with van der Waals surface area (Å²) < 4.78 is 0. The summed E-state index contributed by atoms with van der Waals surface area (Å²) in [7, 11) is 1.69. The highest BCUT2D eigenvalue weighted by atomic mass is 15.2. The number of fused-ring (bicyclic) bond motifs is 2. The molecule has 2 fully saturated rings. The first kappa shape index (κ1) is 11.7. The first-order valence-electron chi connectivity index (χ1n) is 6.65. The lowest BCUT2D eigenvalue weighted by atomic mass is 9.75. The highest BCUT2D eigenvalue weighted by molar-refractivity contribution is 5.95. The molecule has 0 aliphatic carbocycles. The molecule has 2 aliphatic heterocycles. The molecule has 3 heterocycles. The van der Waals surface area contributed by atoms with Crippen LogP contribution in [0.1, 0.15) is 30.5 Å². The van der Waals surface area contributed by atoms with Crippen LogP contribution in [0.3, 0.4) is 0 Å². The fourth-order valence-corrected chi connectivity index (χ4v) is 3.35. The molecule has 2 aliphatic rings. The topological polar surface area (TPSA) is 54.5 Å². The van der Waals surface area contributed by atoms with E-state index in [1.54, 1.807) is 7.05 Å². The van der Waals surface area contributed by atoms with Crippen molar-refractivity contribution in [3.05, 3.63) is 29.6 Å². The molecule has 2 N–H and O–H groups in total. The molecule has 18 heavy (non-hydrogen) atoms. The average molecular weight is 244 g/mol. The molecule has 0 radical (unpaired) electrons. The Kier molecular flexibility index (Phi) is 2.82. The molecular formula is C14H20N4. The second kappa shape index (κ2) is 4.35. The minimum Gasteiger partial charge on any atom is -0.382 e. The fourth-order valence-electron chi connectivity index (χ4n) is 3.35. The number of rotatable bonds is 2. The van der Waals surface area contributed by atoms with Crippen molar-refractivity contribution in [2.45, 2.75) is 24.7 Å². The van der Waals surface area contributed by atoms with Crippen LogP contribution in [0.4, 0.5) is 0 Å². The summed E-state index contributed by atoms with van der Waals surface area (Å²) in [6.07, 6.45) is 5.87. The Bertz CT molecular complexity index is 461. The van der Waals surface area contributed by atoms with Crippen molar-refractivity contribution in [1.82, 2.24) is 9.88 Å². The molecule has 2 bridgehead atoms. The van der Waals surface area contributed by atoms with Crippen LogP contribution in [0.2, 0.25) is 0 Å². The molecule has 3 rings (SSSR count). The molecule has 2 saturated heterocycles. The third kappa shape index (κ3) is 1.81. The van der Waals surface area contributed by atoms with Crippen LogP contribution in [-0.2, 0) is 5.41 Å². The Morgan fingerprint density at radius 3 is 3.00 bits per heavy atom. The van der Waals surface area contributed by atoms with Crippen LogP contribution in [0.5, 0.6) is 0 Å². The van der Waals surface area contributed by atoms with E-state index in [9.17, 15) is 0 Å². The average Bonchev–Trinajstić information content (AvgIpc) is 2.74. The maximum Gasteiger partial charge on any atom is 0.144 e. The normalized spacial score (nSPS) is 31.6. The van der Waals surface area contributed by atoms with Gasteiger partial charge in [-0.2, -0.15) is 0 Å². The van der Waals surface area contributed by atoms with Crippen LogP contribution in [-0.4, -0.2) is 42.4 Å². The van der Waals surface area contributed by atoms with Crippen molar-refractivity contribution >= 4 is 5.84 Å². The maximum absolute atomic E-state index is 5.78. The quantitative estimate of drug-likeness (QED) is 0.627. The van der Waals surface area contributed by atoms with Crippen molar-refractivity contribution < 1.29 is 0 Å². The van der Waals surface area contributed by atoms with E-state index in [1.807, 2.05) is 12.3 Å². The zero-order chi connectivity index (χ0) is 12.6. The molecule has 4 heteroatoms. The summed E-state index contributed by atoms with van der Waals surface area (Å²) in [5.74, 6) is 0.510. The molecule has 96 valence electrons. The van der Waals surface area contributed by atoms with E-state index in [4.69, 9.17) is 5.73 Å². The lowest BCUT2D eigenvalue weighted by Gasteiger charge is -2.34. The van der Waals surface area contributed by atoms with Crippen LogP contribution >= 0.6 is 0 Å². The number of nitrogens with zero attached hydrogens (tertiary/aromatic N) is 3. The van der Waals surface area contributed by atoms with E-state index in [2.05, 4.69) is 20.9 Å². The van der Waals surface area contributed by atoms with Crippen molar-refractivity contribution in [2.24, 2.45) is 10.7 Å². The van der Waals surface area contributed by atoms with Gasteiger partial charge in [0.25, 0.3) is 0 Å². The van der Waals surface area contributed by atoms with E-state index >= 15 is 0 Å². The van der Waals surface area contributed by atoms with E-state index in [1.165, 1.54) is 44.5 Å². The van der Waals surface area contributed by atoms with Gasteiger partial charge in [0.2, 0.25) is 0 Å². The van der Waals surface area contributed by atoms with Gasteiger partial charge in [0.15, 0.2) is 0 Å². The van der Waals surface area contributed by atoms with Gasteiger partial charge in [-0.05, 0) is 44.0 Å². The summed E-state index contributed by atoms with van der Waals surface area (Å²) in [6, 6.07) is 4.19. The van der Waals surface area contributed by atoms with Crippen molar-refractivity contribution in [3.8, 4) is 0 Å². The minimum absolute atomic E-state index is 0.349. The zero-order valence-corrected chi connectivity index (χ0v) is 10.9. The Hall–Kier alpha value is -1.42. The van der Waals surface area contributed by atoms with E-state index in [0.29, 0.717) is 11.3 Å². The number of amidine groups is 1. The van der Waals surface area contributed by atoms with Gasteiger partial charge in [-0.1, -0.05) is 6.07 Å². The first-order valence-corrected chi connectivity index (χ1v) is 6.65. The Morgan fingerprint density at radius 1 is 1.39 bits per heavy atom. The SMILES string of the molecule is CN=C(N)c1ccc(C23CCCN(CC2)C3)cn1. The smallest absolute Gasteiger partial charge is 0.144 e. The third-order valence-electron chi connectivity index (χ3n) is 4.44. The number of pyridine rings is 1. The molecule has 0 saturated carbocycles. The number of hydrogen-bond donors (Lipinski definition) is 1. The first-order chi connectivity index (χ1) is 8.73. The summed E-state index contributed by atoms with van der Waals surface area (Å²) in [4.78, 5) is 11.0. The zero-order valence-electron chi connectivity index (χ0n) is 10.9. The van der Waals surface area contributed by atoms with Crippen molar-refractivity contribution in [3.63, 3.8) is 0 Å². The summed E-state index contributed by atoms with van der Waals surface area (Å²) in [5, 5.41) is 0. The van der Waals surface area contributed by atoms with Gasteiger partial charge < -0.3 is 10.6 Å². The second-order valence-corrected chi connectivity index (χ2v) is 5.45. The van der Waals surface area contributed by atoms with Gasteiger partial charge in [0.05, 0.1) is 0 Å². The van der Waals surface area contributed by atoms with Crippen LogP contribution in [0, 0.1) is 0 Å². The van der Waals surface area contributed by atoms with Gasteiger partial charge in [-0.25, -0.2) is 0 Å². The minimum atomic E-state index is 0.349. The molecule has 2 atom stereocenters. The summed E-state index contributed by atoms with van der Waals surface area (Å²) in [5.41, 5.74) is 8.28. The lowest BCUT2D eigenvalue weighted by Crippen LogP contribution is -2.36. The van der Waals surface area contributed by atoms with Crippen molar-refractivity contribution in [1.29, 1.82) is 0 Å². The second-order valence-electron chi connectivity index (χ2n) is 5.45. The molecule has 0 spiro atoms. The molecule has 0 aromatic carbocycles. The molecule has 1 aromatic heterocycles. The Balaban J connectivity index is 1.89. The standard InChI is InChI=1S/C14H20N4/c1-16-13(15)12-4-3-11(9-17-12)14-5-2-7-18(10-14)8-6-14/h3-4,9H,2,5-8,10H2,1H3,(H2,15,16). The van der Waals surface area contributed by atoms with Crippen molar-refractivity contribution in [2.75, 3.05) is 26.7 Å².